The fraction of sp³-hybridized carbons (Fsp3) is 0.259. The molecule has 7 nitrogen and oxygen atoms in total. The van der Waals surface area contributed by atoms with Crippen molar-refractivity contribution < 1.29 is 9.52 Å². The van der Waals surface area contributed by atoms with Gasteiger partial charge in [0.15, 0.2) is 12.4 Å². The summed E-state index contributed by atoms with van der Waals surface area (Å²) >= 11 is 0. The van der Waals surface area contributed by atoms with Crippen LogP contribution in [-0.4, -0.2) is 27.4 Å². The molecule has 0 unspecified atom stereocenters. The van der Waals surface area contributed by atoms with Crippen LogP contribution in [0.3, 0.4) is 0 Å². The molecule has 0 atom stereocenters. The maximum absolute atomic E-state index is 12.7. The van der Waals surface area contributed by atoms with Crippen LogP contribution in [0.25, 0.3) is 22.4 Å². The van der Waals surface area contributed by atoms with E-state index in [1.54, 1.807) is 6.07 Å². The predicted octanol–water partition coefficient (Wildman–Crippen LogP) is 4.63. The van der Waals surface area contributed by atoms with E-state index in [2.05, 4.69) is 15.6 Å². The van der Waals surface area contributed by atoms with Crippen molar-refractivity contribution in [1.29, 1.82) is 0 Å². The van der Waals surface area contributed by atoms with Crippen LogP contribution in [-0.2, 0) is 6.54 Å². The lowest BCUT2D eigenvalue weighted by molar-refractivity contribution is -0.604. The lowest BCUT2D eigenvalue weighted by atomic mass is 9.99. The van der Waals surface area contributed by atoms with Gasteiger partial charge in [-0.3, -0.25) is 9.48 Å². The molecule has 0 aliphatic rings. The van der Waals surface area contributed by atoms with Gasteiger partial charge in [0.2, 0.25) is 0 Å². The van der Waals surface area contributed by atoms with Gasteiger partial charge in [-0.15, -0.1) is 5.10 Å². The summed E-state index contributed by atoms with van der Waals surface area (Å²) in [6, 6.07) is 21.3. The summed E-state index contributed by atoms with van der Waals surface area (Å²) < 4.78 is 2.58. The molecular weight excluding hydrogens is 426 g/mol. The largest absolute Gasteiger partial charge is 0.619 e. The minimum atomic E-state index is -0.0256. The number of unbranched alkanes of at least 4 members (excludes halogenated alkanes) is 4. The second-order valence-electron chi connectivity index (χ2n) is 8.25. The number of aromatic nitrogens is 4. The number of amides is 1. The van der Waals surface area contributed by atoms with Crippen molar-refractivity contribution >= 4 is 5.91 Å². The Hall–Kier alpha value is -4.00. The van der Waals surface area contributed by atoms with Crippen LogP contribution in [0.4, 0.5) is 0 Å². The zero-order valence-electron chi connectivity index (χ0n) is 19.1. The third-order valence-corrected chi connectivity index (χ3v) is 5.72. The van der Waals surface area contributed by atoms with Crippen LogP contribution in [0, 0.1) is 5.21 Å². The molecule has 0 saturated heterocycles. The number of carbonyl (C=O) groups excluding carboxylic acids is 1. The summed E-state index contributed by atoms with van der Waals surface area (Å²) in [5, 5.41) is 22.8. The molecule has 34 heavy (non-hydrogen) atoms. The number of rotatable bonds is 11. The summed E-state index contributed by atoms with van der Waals surface area (Å²) in [6.45, 7) is 1.47. The third-order valence-electron chi connectivity index (χ3n) is 5.72. The van der Waals surface area contributed by atoms with Gasteiger partial charge in [0.1, 0.15) is 5.69 Å². The summed E-state index contributed by atoms with van der Waals surface area (Å²) in [4.78, 5) is 12.7. The molecule has 0 spiro atoms. The number of hydrogen-bond acceptors (Lipinski definition) is 4. The highest BCUT2D eigenvalue weighted by Crippen LogP contribution is 2.23. The van der Waals surface area contributed by atoms with E-state index in [-0.39, 0.29) is 5.91 Å². The van der Waals surface area contributed by atoms with E-state index in [1.165, 1.54) is 12.4 Å². The van der Waals surface area contributed by atoms with Crippen LogP contribution >= 0.6 is 0 Å². The molecule has 4 rings (SSSR count). The van der Waals surface area contributed by atoms with Crippen LogP contribution in [0.2, 0.25) is 0 Å². The monoisotopic (exact) mass is 455 g/mol. The minimum absolute atomic E-state index is 0.0256. The van der Waals surface area contributed by atoms with E-state index in [0.29, 0.717) is 17.8 Å². The molecule has 4 aromatic rings. The first-order valence-corrected chi connectivity index (χ1v) is 11.7. The van der Waals surface area contributed by atoms with E-state index >= 15 is 0 Å². The molecule has 1 amide bonds. The standard InChI is InChI=1S/C27H29N5O2/c33-27(25-16-8-7-15-24(25)22-12-5-4-6-13-22)28-17-9-2-1-3-10-18-31-21-26(29-30-31)23-14-11-19-32(34)20-23/h4-8,11-16,19-21H,1-3,9-10,17-18H2,(H,28,33). The lowest BCUT2D eigenvalue weighted by Gasteiger charge is -2.10. The number of hydrogen-bond donors (Lipinski definition) is 1. The molecule has 0 bridgehead atoms. The normalized spacial score (nSPS) is 10.8. The minimum Gasteiger partial charge on any atom is -0.619 e. The maximum atomic E-state index is 12.7. The quantitative estimate of drug-likeness (QED) is 0.203. The summed E-state index contributed by atoms with van der Waals surface area (Å²) in [6.07, 6.45) is 10.0. The second kappa shape index (κ2) is 11.7. The van der Waals surface area contributed by atoms with Crippen LogP contribution in [0.5, 0.6) is 0 Å². The second-order valence-corrected chi connectivity index (χ2v) is 8.25. The van der Waals surface area contributed by atoms with Crippen molar-refractivity contribution in [3.05, 3.63) is 96.1 Å². The number of nitrogens with zero attached hydrogens (tertiary/aromatic N) is 4. The zero-order valence-corrected chi connectivity index (χ0v) is 19.1. The van der Waals surface area contributed by atoms with Crippen molar-refractivity contribution in [2.24, 2.45) is 0 Å². The molecule has 0 radical (unpaired) electrons. The van der Waals surface area contributed by atoms with Crippen molar-refractivity contribution in [3.63, 3.8) is 0 Å². The van der Waals surface area contributed by atoms with Gasteiger partial charge in [-0.05, 0) is 36.1 Å². The van der Waals surface area contributed by atoms with Crippen molar-refractivity contribution in [2.75, 3.05) is 6.54 Å². The van der Waals surface area contributed by atoms with E-state index in [0.717, 1.165) is 60.1 Å². The fourth-order valence-corrected chi connectivity index (χ4v) is 3.92. The Morgan fingerprint density at radius 2 is 1.62 bits per heavy atom. The van der Waals surface area contributed by atoms with Gasteiger partial charge < -0.3 is 10.5 Å². The Balaban J connectivity index is 1.13. The summed E-state index contributed by atoms with van der Waals surface area (Å²) in [5.41, 5.74) is 4.18. The van der Waals surface area contributed by atoms with Gasteiger partial charge in [-0.25, -0.2) is 0 Å². The molecule has 2 heterocycles. The van der Waals surface area contributed by atoms with Gasteiger partial charge in [-0.1, -0.05) is 73.0 Å². The first kappa shape index (κ1) is 23.2. The Kier molecular flexibility index (Phi) is 8.00. The van der Waals surface area contributed by atoms with Gasteiger partial charge in [0.25, 0.3) is 5.91 Å². The van der Waals surface area contributed by atoms with Gasteiger partial charge in [0, 0.05) is 24.7 Å². The summed E-state index contributed by atoms with van der Waals surface area (Å²) in [5.74, 6) is -0.0256. The number of aryl methyl sites for hydroxylation is 1. The molecule has 174 valence electrons. The molecule has 2 aromatic heterocycles. The van der Waals surface area contributed by atoms with Gasteiger partial charge in [-0.2, -0.15) is 4.73 Å². The van der Waals surface area contributed by atoms with Crippen LogP contribution in [0.15, 0.2) is 85.3 Å². The van der Waals surface area contributed by atoms with E-state index < -0.39 is 0 Å². The molecule has 1 N–H and O–H groups in total. The molecule has 2 aromatic carbocycles. The van der Waals surface area contributed by atoms with E-state index in [1.807, 2.05) is 71.5 Å². The number of benzene rings is 2. The Bertz CT molecular complexity index is 1210. The fourth-order valence-electron chi connectivity index (χ4n) is 3.92. The average Bonchev–Trinajstić information content (AvgIpc) is 3.35. The predicted molar refractivity (Wildman–Crippen MR) is 132 cm³/mol. The van der Waals surface area contributed by atoms with Crippen LogP contribution in [0.1, 0.15) is 42.5 Å². The topological polar surface area (TPSA) is 86.8 Å². The lowest BCUT2D eigenvalue weighted by Crippen LogP contribution is -2.25. The maximum Gasteiger partial charge on any atom is 0.251 e. The summed E-state index contributed by atoms with van der Waals surface area (Å²) in [7, 11) is 0. The number of carbonyl (C=O) groups is 1. The highest BCUT2D eigenvalue weighted by Gasteiger charge is 2.11. The first-order valence-electron chi connectivity index (χ1n) is 11.7. The molecule has 7 heteroatoms. The van der Waals surface area contributed by atoms with Crippen LogP contribution < -0.4 is 10.0 Å². The average molecular weight is 456 g/mol. The highest BCUT2D eigenvalue weighted by molar-refractivity contribution is 6.00. The SMILES string of the molecule is O=C(NCCCCCCCn1cc(-c2ccc[n+]([O-])c2)nn1)c1ccccc1-c1ccccc1. The first-order chi connectivity index (χ1) is 16.7. The Morgan fingerprint density at radius 3 is 2.47 bits per heavy atom. The Morgan fingerprint density at radius 1 is 0.882 bits per heavy atom. The third kappa shape index (κ3) is 6.28. The zero-order chi connectivity index (χ0) is 23.6. The number of pyridine rings is 1. The molecule has 0 fully saturated rings. The van der Waals surface area contributed by atoms with E-state index in [4.69, 9.17) is 0 Å². The smallest absolute Gasteiger partial charge is 0.251 e. The van der Waals surface area contributed by atoms with Crippen molar-refractivity contribution in [2.45, 2.75) is 38.6 Å². The van der Waals surface area contributed by atoms with Crippen molar-refractivity contribution in [3.8, 4) is 22.4 Å². The van der Waals surface area contributed by atoms with Crippen molar-refractivity contribution in [1.82, 2.24) is 20.3 Å². The van der Waals surface area contributed by atoms with E-state index in [9.17, 15) is 10.0 Å². The van der Waals surface area contributed by atoms with Gasteiger partial charge in [0.05, 0.1) is 11.8 Å². The Labute approximate surface area is 199 Å². The number of nitrogens with one attached hydrogen (secondary N) is 1. The molecular formula is C27H29N5O2. The van der Waals surface area contributed by atoms with Gasteiger partial charge >= 0.3 is 0 Å². The highest BCUT2D eigenvalue weighted by atomic mass is 16.5. The molecule has 0 aliphatic carbocycles. The molecule has 0 saturated carbocycles. The molecule has 0 aliphatic heterocycles.